The molecule has 0 aliphatic rings. The molecule has 2 aromatic rings. The SMILES string of the molecule is CCOCCOc1cccc(CNc2ccccc2OCC(C)C)c1. The van der Waals surface area contributed by atoms with E-state index in [1.807, 2.05) is 43.3 Å². The Kier molecular flexibility index (Phi) is 8.13. The molecule has 0 amide bonds. The van der Waals surface area contributed by atoms with Crippen LogP contribution in [-0.2, 0) is 11.3 Å². The summed E-state index contributed by atoms with van der Waals surface area (Å²) in [6, 6.07) is 16.2. The maximum absolute atomic E-state index is 5.89. The third-order valence-electron chi connectivity index (χ3n) is 3.54. The van der Waals surface area contributed by atoms with Gasteiger partial charge in [-0.15, -0.1) is 0 Å². The summed E-state index contributed by atoms with van der Waals surface area (Å²) in [4.78, 5) is 0. The molecule has 0 aromatic heterocycles. The first-order valence-electron chi connectivity index (χ1n) is 8.94. The van der Waals surface area contributed by atoms with E-state index in [1.165, 1.54) is 0 Å². The fourth-order valence-corrected chi connectivity index (χ4v) is 2.30. The summed E-state index contributed by atoms with van der Waals surface area (Å²) < 4.78 is 16.9. The van der Waals surface area contributed by atoms with E-state index in [2.05, 4.69) is 31.3 Å². The zero-order valence-corrected chi connectivity index (χ0v) is 15.5. The molecule has 0 fully saturated rings. The van der Waals surface area contributed by atoms with E-state index in [0.29, 0.717) is 38.9 Å². The molecule has 0 atom stereocenters. The van der Waals surface area contributed by atoms with E-state index in [9.17, 15) is 0 Å². The van der Waals surface area contributed by atoms with E-state index in [0.717, 1.165) is 22.7 Å². The van der Waals surface area contributed by atoms with Crippen LogP contribution in [0, 0.1) is 5.92 Å². The van der Waals surface area contributed by atoms with Crippen molar-refractivity contribution in [3.8, 4) is 11.5 Å². The van der Waals surface area contributed by atoms with Crippen molar-refractivity contribution < 1.29 is 14.2 Å². The summed E-state index contributed by atoms with van der Waals surface area (Å²) >= 11 is 0. The lowest BCUT2D eigenvalue weighted by Gasteiger charge is -2.15. The van der Waals surface area contributed by atoms with Gasteiger partial charge in [0.1, 0.15) is 18.1 Å². The van der Waals surface area contributed by atoms with Crippen molar-refractivity contribution in [2.75, 3.05) is 31.7 Å². The summed E-state index contributed by atoms with van der Waals surface area (Å²) in [6.07, 6.45) is 0. The van der Waals surface area contributed by atoms with E-state index in [1.54, 1.807) is 0 Å². The Morgan fingerprint density at radius 3 is 2.60 bits per heavy atom. The van der Waals surface area contributed by atoms with Gasteiger partial charge in [0.05, 0.1) is 18.9 Å². The van der Waals surface area contributed by atoms with Gasteiger partial charge in [-0.2, -0.15) is 0 Å². The molecule has 25 heavy (non-hydrogen) atoms. The minimum absolute atomic E-state index is 0.499. The van der Waals surface area contributed by atoms with Gasteiger partial charge in [0.2, 0.25) is 0 Å². The highest BCUT2D eigenvalue weighted by molar-refractivity contribution is 5.56. The van der Waals surface area contributed by atoms with Gasteiger partial charge in [-0.3, -0.25) is 0 Å². The first kappa shape index (κ1) is 19.1. The minimum atomic E-state index is 0.499. The molecule has 2 aromatic carbocycles. The summed E-state index contributed by atoms with van der Waals surface area (Å²) in [5.41, 5.74) is 2.17. The molecule has 2 rings (SSSR count). The smallest absolute Gasteiger partial charge is 0.142 e. The van der Waals surface area contributed by atoms with Gasteiger partial charge < -0.3 is 19.5 Å². The summed E-state index contributed by atoms with van der Waals surface area (Å²) in [7, 11) is 0. The maximum Gasteiger partial charge on any atom is 0.142 e. The van der Waals surface area contributed by atoms with E-state index in [4.69, 9.17) is 14.2 Å². The molecule has 136 valence electrons. The molecule has 0 radical (unpaired) electrons. The van der Waals surface area contributed by atoms with Gasteiger partial charge in [0, 0.05) is 13.2 Å². The van der Waals surface area contributed by atoms with Crippen LogP contribution in [0.2, 0.25) is 0 Å². The number of hydrogen-bond donors (Lipinski definition) is 1. The van der Waals surface area contributed by atoms with Crippen molar-refractivity contribution in [2.24, 2.45) is 5.92 Å². The Bertz CT molecular complexity index is 628. The number of rotatable bonds is 11. The minimum Gasteiger partial charge on any atom is -0.491 e. The van der Waals surface area contributed by atoms with Gasteiger partial charge in [-0.1, -0.05) is 38.1 Å². The van der Waals surface area contributed by atoms with E-state index >= 15 is 0 Å². The van der Waals surface area contributed by atoms with Crippen LogP contribution in [0.25, 0.3) is 0 Å². The molecule has 0 heterocycles. The van der Waals surface area contributed by atoms with Crippen LogP contribution in [-0.4, -0.2) is 26.4 Å². The van der Waals surface area contributed by atoms with Crippen LogP contribution < -0.4 is 14.8 Å². The Hall–Kier alpha value is -2.20. The number of nitrogens with one attached hydrogen (secondary N) is 1. The van der Waals surface area contributed by atoms with Crippen molar-refractivity contribution in [3.05, 3.63) is 54.1 Å². The molecule has 0 aliphatic heterocycles. The van der Waals surface area contributed by atoms with Crippen molar-refractivity contribution in [3.63, 3.8) is 0 Å². The third-order valence-corrected chi connectivity index (χ3v) is 3.54. The second kappa shape index (κ2) is 10.6. The second-order valence-electron chi connectivity index (χ2n) is 6.25. The maximum atomic E-state index is 5.89. The van der Waals surface area contributed by atoms with E-state index in [-0.39, 0.29) is 0 Å². The average molecular weight is 343 g/mol. The van der Waals surface area contributed by atoms with E-state index < -0.39 is 0 Å². The molecule has 0 unspecified atom stereocenters. The lowest BCUT2D eigenvalue weighted by molar-refractivity contribution is 0.110. The molecule has 0 aliphatic carbocycles. The summed E-state index contributed by atoms with van der Waals surface area (Å²) in [6.45, 7) is 9.59. The van der Waals surface area contributed by atoms with Gasteiger partial charge >= 0.3 is 0 Å². The van der Waals surface area contributed by atoms with Gasteiger partial charge in [-0.25, -0.2) is 0 Å². The van der Waals surface area contributed by atoms with Gasteiger partial charge in [-0.05, 0) is 42.7 Å². The topological polar surface area (TPSA) is 39.7 Å². The molecular formula is C21H29NO3. The lowest BCUT2D eigenvalue weighted by atomic mass is 10.2. The second-order valence-corrected chi connectivity index (χ2v) is 6.25. The van der Waals surface area contributed by atoms with Crippen LogP contribution in [0.1, 0.15) is 26.3 Å². The average Bonchev–Trinajstić information content (AvgIpc) is 2.63. The number of para-hydroxylation sites is 2. The molecule has 0 bridgehead atoms. The summed E-state index contributed by atoms with van der Waals surface area (Å²) in [5, 5.41) is 3.45. The van der Waals surface area contributed by atoms with Gasteiger partial charge in [0.25, 0.3) is 0 Å². The largest absolute Gasteiger partial charge is 0.491 e. The number of ether oxygens (including phenoxy) is 3. The molecule has 4 nitrogen and oxygen atoms in total. The Morgan fingerprint density at radius 1 is 0.960 bits per heavy atom. The highest BCUT2D eigenvalue weighted by Gasteiger charge is 2.04. The van der Waals surface area contributed by atoms with Crippen molar-refractivity contribution in [1.82, 2.24) is 0 Å². The molecule has 0 spiro atoms. The molecular weight excluding hydrogens is 314 g/mol. The predicted octanol–water partition coefficient (Wildman–Crippen LogP) is 4.75. The Labute approximate surface area is 151 Å². The van der Waals surface area contributed by atoms with Crippen LogP contribution >= 0.6 is 0 Å². The third kappa shape index (κ3) is 7.06. The monoisotopic (exact) mass is 343 g/mol. The normalized spacial score (nSPS) is 10.7. The molecule has 0 saturated heterocycles. The quantitative estimate of drug-likeness (QED) is 0.598. The number of anilines is 1. The zero-order chi connectivity index (χ0) is 17.9. The highest BCUT2D eigenvalue weighted by Crippen LogP contribution is 2.25. The van der Waals surface area contributed by atoms with Gasteiger partial charge in [0.15, 0.2) is 0 Å². The van der Waals surface area contributed by atoms with Crippen LogP contribution in [0.15, 0.2) is 48.5 Å². The highest BCUT2D eigenvalue weighted by atomic mass is 16.5. The molecule has 1 N–H and O–H groups in total. The first-order valence-corrected chi connectivity index (χ1v) is 8.94. The molecule has 4 heteroatoms. The summed E-state index contributed by atoms with van der Waals surface area (Å²) in [5.74, 6) is 2.25. The van der Waals surface area contributed by atoms with Crippen molar-refractivity contribution >= 4 is 5.69 Å². The van der Waals surface area contributed by atoms with Crippen LogP contribution in [0.4, 0.5) is 5.69 Å². The fourth-order valence-electron chi connectivity index (χ4n) is 2.30. The Morgan fingerprint density at radius 2 is 1.80 bits per heavy atom. The number of hydrogen-bond acceptors (Lipinski definition) is 4. The lowest BCUT2D eigenvalue weighted by Crippen LogP contribution is -2.08. The predicted molar refractivity (Wildman–Crippen MR) is 103 cm³/mol. The molecule has 0 saturated carbocycles. The fraction of sp³-hybridized carbons (Fsp3) is 0.429. The van der Waals surface area contributed by atoms with Crippen molar-refractivity contribution in [2.45, 2.75) is 27.3 Å². The zero-order valence-electron chi connectivity index (χ0n) is 15.5. The first-order chi connectivity index (χ1) is 12.2. The number of benzene rings is 2. The van der Waals surface area contributed by atoms with Crippen LogP contribution in [0.5, 0.6) is 11.5 Å². The standard InChI is InChI=1S/C21H29NO3/c1-4-23-12-13-24-19-9-7-8-18(14-19)15-22-20-10-5-6-11-21(20)25-16-17(2)3/h5-11,14,17,22H,4,12-13,15-16H2,1-3H3. The van der Waals surface area contributed by atoms with Crippen molar-refractivity contribution in [1.29, 1.82) is 0 Å². The Balaban J connectivity index is 1.90. The van der Waals surface area contributed by atoms with Crippen LogP contribution in [0.3, 0.4) is 0 Å².